The maximum Gasteiger partial charge on any atom is 0.274 e. The first kappa shape index (κ1) is 24.8. The van der Waals surface area contributed by atoms with Gasteiger partial charge in [0.15, 0.2) is 5.96 Å². The van der Waals surface area contributed by atoms with E-state index in [-0.39, 0.29) is 40.6 Å². The minimum Gasteiger partial charge on any atom is -0.354 e. The molecule has 0 fully saturated rings. The molecule has 2 N–H and O–H groups in total. The first-order valence-electron chi connectivity index (χ1n) is 9.56. The van der Waals surface area contributed by atoms with Crippen molar-refractivity contribution in [3.8, 4) is 0 Å². The van der Waals surface area contributed by atoms with Gasteiger partial charge in [0.25, 0.3) is 5.69 Å². The van der Waals surface area contributed by atoms with Crippen LogP contribution >= 0.6 is 24.0 Å². The van der Waals surface area contributed by atoms with E-state index in [9.17, 15) is 10.1 Å². The number of nitro groups is 1. The lowest BCUT2D eigenvalue weighted by Gasteiger charge is -2.30. The highest BCUT2D eigenvalue weighted by Crippen LogP contribution is 2.20. The van der Waals surface area contributed by atoms with Crippen LogP contribution in [0.4, 0.5) is 5.69 Å². The molecule has 7 nitrogen and oxygen atoms in total. The van der Waals surface area contributed by atoms with Gasteiger partial charge in [-0.3, -0.25) is 20.0 Å². The number of nitrogens with zero attached hydrogens (tertiary/aromatic N) is 3. The second kappa shape index (κ2) is 13.1. The van der Waals surface area contributed by atoms with E-state index in [1.807, 2.05) is 18.2 Å². The van der Waals surface area contributed by atoms with Crippen LogP contribution in [0.3, 0.4) is 0 Å². The van der Waals surface area contributed by atoms with Gasteiger partial charge in [-0.1, -0.05) is 62.4 Å². The van der Waals surface area contributed by atoms with Crippen LogP contribution < -0.4 is 10.6 Å². The van der Waals surface area contributed by atoms with Crippen molar-refractivity contribution in [3.63, 3.8) is 0 Å². The Labute approximate surface area is 189 Å². The third-order valence-corrected chi connectivity index (χ3v) is 4.76. The van der Waals surface area contributed by atoms with Crippen molar-refractivity contribution in [1.82, 2.24) is 15.5 Å². The fourth-order valence-electron chi connectivity index (χ4n) is 3.23. The Balaban J connectivity index is 0.00000420. The quantitative estimate of drug-likeness (QED) is 0.175. The molecule has 29 heavy (non-hydrogen) atoms. The van der Waals surface area contributed by atoms with Crippen LogP contribution in [0.1, 0.15) is 31.0 Å². The summed E-state index contributed by atoms with van der Waals surface area (Å²) in [6, 6.07) is 17.3. The van der Waals surface area contributed by atoms with E-state index in [0.29, 0.717) is 24.6 Å². The van der Waals surface area contributed by atoms with Gasteiger partial charge in [-0.05, 0) is 18.7 Å². The standard InChI is InChI=1S/C21H29N5O2.HI/c1-4-25(5-2)20(17-11-7-6-8-12-17)16-24-21(22-3)23-15-18-13-9-10-14-19(18)26(27)28;/h6-14,20H,4-5,15-16H2,1-3H3,(H2,22,23,24);1H. The molecule has 8 heteroatoms. The molecule has 0 saturated heterocycles. The first-order chi connectivity index (χ1) is 13.6. The number of nitro benzene ring substituents is 1. The number of hydrogen-bond acceptors (Lipinski definition) is 4. The number of guanidine groups is 1. The molecule has 0 amide bonds. The summed E-state index contributed by atoms with van der Waals surface area (Å²) in [4.78, 5) is 17.5. The molecule has 0 aliphatic carbocycles. The van der Waals surface area contributed by atoms with Gasteiger partial charge in [0, 0.05) is 31.8 Å². The zero-order valence-corrected chi connectivity index (χ0v) is 19.5. The van der Waals surface area contributed by atoms with Crippen LogP contribution in [0, 0.1) is 10.1 Å². The topological polar surface area (TPSA) is 82.8 Å². The fourth-order valence-corrected chi connectivity index (χ4v) is 3.23. The van der Waals surface area contributed by atoms with Gasteiger partial charge in [0.05, 0.1) is 11.0 Å². The summed E-state index contributed by atoms with van der Waals surface area (Å²) >= 11 is 0. The molecule has 0 aliphatic heterocycles. The van der Waals surface area contributed by atoms with Crippen LogP contribution in [0.15, 0.2) is 59.6 Å². The van der Waals surface area contributed by atoms with Crippen LogP contribution in [-0.2, 0) is 6.54 Å². The molecule has 2 aromatic carbocycles. The molecule has 0 spiro atoms. The normalized spacial score (nSPS) is 12.2. The largest absolute Gasteiger partial charge is 0.354 e. The highest BCUT2D eigenvalue weighted by Gasteiger charge is 2.18. The smallest absolute Gasteiger partial charge is 0.274 e. The Morgan fingerprint density at radius 1 is 1.07 bits per heavy atom. The maximum absolute atomic E-state index is 11.2. The molecule has 0 heterocycles. The molecule has 0 radical (unpaired) electrons. The van der Waals surface area contributed by atoms with Gasteiger partial charge in [-0.25, -0.2) is 0 Å². The van der Waals surface area contributed by atoms with E-state index in [2.05, 4.69) is 46.5 Å². The predicted octanol–water partition coefficient (Wildman–Crippen LogP) is 3.96. The number of benzene rings is 2. The summed E-state index contributed by atoms with van der Waals surface area (Å²) in [6.45, 7) is 7.21. The Kier molecular flexibility index (Phi) is 11.2. The Morgan fingerprint density at radius 3 is 2.28 bits per heavy atom. The highest BCUT2D eigenvalue weighted by atomic mass is 127. The van der Waals surface area contributed by atoms with E-state index >= 15 is 0 Å². The number of nitrogens with one attached hydrogen (secondary N) is 2. The monoisotopic (exact) mass is 511 g/mol. The fraction of sp³-hybridized carbons (Fsp3) is 0.381. The summed E-state index contributed by atoms with van der Waals surface area (Å²) in [5.41, 5.74) is 1.97. The maximum atomic E-state index is 11.2. The van der Waals surface area contributed by atoms with E-state index in [1.165, 1.54) is 11.6 Å². The van der Waals surface area contributed by atoms with Crippen LogP contribution in [0.2, 0.25) is 0 Å². The van der Waals surface area contributed by atoms with Gasteiger partial charge in [-0.2, -0.15) is 0 Å². The van der Waals surface area contributed by atoms with Gasteiger partial charge < -0.3 is 10.6 Å². The molecule has 0 saturated carbocycles. The lowest BCUT2D eigenvalue weighted by molar-refractivity contribution is -0.385. The predicted molar refractivity (Wildman–Crippen MR) is 129 cm³/mol. The molecule has 0 aromatic heterocycles. The Morgan fingerprint density at radius 2 is 1.69 bits per heavy atom. The number of para-hydroxylation sites is 1. The molecule has 0 aliphatic rings. The molecule has 2 rings (SSSR count). The summed E-state index contributed by atoms with van der Waals surface area (Å²) in [6.07, 6.45) is 0. The number of likely N-dealkylation sites (N-methyl/N-ethyl adjacent to an activating group) is 1. The average molecular weight is 511 g/mol. The van der Waals surface area contributed by atoms with Crippen molar-refractivity contribution in [2.45, 2.75) is 26.4 Å². The zero-order chi connectivity index (χ0) is 20.4. The summed E-state index contributed by atoms with van der Waals surface area (Å²) < 4.78 is 0. The average Bonchev–Trinajstić information content (AvgIpc) is 2.73. The van der Waals surface area contributed by atoms with Crippen molar-refractivity contribution >= 4 is 35.6 Å². The molecule has 1 atom stereocenters. The second-order valence-corrected chi connectivity index (χ2v) is 6.34. The first-order valence-corrected chi connectivity index (χ1v) is 9.56. The van der Waals surface area contributed by atoms with E-state index < -0.39 is 0 Å². The molecule has 2 aromatic rings. The Bertz CT molecular complexity index is 782. The van der Waals surface area contributed by atoms with Crippen molar-refractivity contribution in [2.75, 3.05) is 26.7 Å². The van der Waals surface area contributed by atoms with Gasteiger partial charge >= 0.3 is 0 Å². The number of aliphatic imine (C=N–C) groups is 1. The minimum absolute atomic E-state index is 0. The van der Waals surface area contributed by atoms with E-state index in [4.69, 9.17) is 0 Å². The molecular formula is C21H30IN5O2. The van der Waals surface area contributed by atoms with Gasteiger partial charge in [0.2, 0.25) is 0 Å². The van der Waals surface area contributed by atoms with Crippen LogP contribution in [0.5, 0.6) is 0 Å². The third kappa shape index (κ3) is 7.28. The van der Waals surface area contributed by atoms with Gasteiger partial charge in [0.1, 0.15) is 0 Å². The van der Waals surface area contributed by atoms with Crippen molar-refractivity contribution in [3.05, 3.63) is 75.8 Å². The number of hydrogen-bond donors (Lipinski definition) is 2. The second-order valence-electron chi connectivity index (χ2n) is 6.34. The van der Waals surface area contributed by atoms with Gasteiger partial charge in [-0.15, -0.1) is 24.0 Å². The molecular weight excluding hydrogens is 481 g/mol. The SMILES string of the molecule is CCN(CC)C(CNC(=NC)NCc1ccccc1[N+](=O)[O-])c1ccccc1.I. The highest BCUT2D eigenvalue weighted by molar-refractivity contribution is 14.0. The zero-order valence-electron chi connectivity index (χ0n) is 17.2. The summed E-state index contributed by atoms with van der Waals surface area (Å²) in [7, 11) is 1.70. The lowest BCUT2D eigenvalue weighted by atomic mass is 10.1. The third-order valence-electron chi connectivity index (χ3n) is 4.76. The van der Waals surface area contributed by atoms with E-state index in [1.54, 1.807) is 25.2 Å². The summed E-state index contributed by atoms with van der Waals surface area (Å²) in [5.74, 6) is 0.617. The van der Waals surface area contributed by atoms with E-state index in [0.717, 1.165) is 13.1 Å². The number of halogens is 1. The van der Waals surface area contributed by atoms with Crippen molar-refractivity contribution < 1.29 is 4.92 Å². The Hall–Kier alpha value is -2.20. The summed E-state index contributed by atoms with van der Waals surface area (Å²) in [5, 5.41) is 17.7. The number of rotatable bonds is 9. The molecule has 158 valence electrons. The molecule has 1 unspecified atom stereocenters. The molecule has 0 bridgehead atoms. The van der Waals surface area contributed by atoms with Crippen molar-refractivity contribution in [2.24, 2.45) is 4.99 Å². The van der Waals surface area contributed by atoms with Crippen molar-refractivity contribution in [1.29, 1.82) is 0 Å². The lowest BCUT2D eigenvalue weighted by Crippen LogP contribution is -2.43. The van der Waals surface area contributed by atoms with Crippen LogP contribution in [0.25, 0.3) is 0 Å². The van der Waals surface area contributed by atoms with Crippen LogP contribution in [-0.4, -0.2) is 42.5 Å². The minimum atomic E-state index is -0.362.